The molecule has 150 valence electrons. The summed E-state index contributed by atoms with van der Waals surface area (Å²) in [6.07, 6.45) is 0. The van der Waals surface area contributed by atoms with Gasteiger partial charge in [0.2, 0.25) is 0 Å². The summed E-state index contributed by atoms with van der Waals surface area (Å²) in [6, 6.07) is 18.9. The molecule has 0 bridgehead atoms. The zero-order valence-corrected chi connectivity index (χ0v) is 17.7. The maximum atomic E-state index is 12.6. The molecule has 0 aliphatic rings. The van der Waals surface area contributed by atoms with Gasteiger partial charge in [0, 0.05) is 10.4 Å². The van der Waals surface area contributed by atoms with Gasteiger partial charge in [-0.2, -0.15) is 0 Å². The Balaban J connectivity index is 1.67. The second-order valence-electron chi connectivity index (χ2n) is 7.21. The van der Waals surface area contributed by atoms with Gasteiger partial charge in [0.15, 0.2) is 12.4 Å². The third-order valence-corrected chi connectivity index (χ3v) is 5.64. The number of rotatable bonds is 8. The summed E-state index contributed by atoms with van der Waals surface area (Å²) < 4.78 is 5.59. The Labute approximate surface area is 175 Å². The number of benzene rings is 2. The third-order valence-electron chi connectivity index (χ3n) is 4.70. The largest absolute Gasteiger partial charge is 0.484 e. The number of carbonyl (C=O) groups excluding carboxylic acids is 2. The number of amides is 1. The van der Waals surface area contributed by atoms with E-state index >= 15 is 0 Å². The standard InChI is InChI=1S/C24H25NO3S/c1-16(2)18-6-8-20(9-7-18)24(22-5-4-14-29-22)25-23(27)15-28-21-12-10-19(11-13-21)17(3)26/h4-14,16,24H,15H2,1-3H3,(H,25,27). The van der Waals surface area contributed by atoms with Crippen LogP contribution in [0.1, 0.15) is 59.1 Å². The second kappa shape index (κ2) is 9.52. The lowest BCUT2D eigenvalue weighted by molar-refractivity contribution is -0.123. The number of carbonyl (C=O) groups is 2. The van der Waals surface area contributed by atoms with E-state index < -0.39 is 0 Å². The summed E-state index contributed by atoms with van der Waals surface area (Å²) >= 11 is 1.61. The molecule has 1 amide bonds. The van der Waals surface area contributed by atoms with E-state index in [9.17, 15) is 9.59 Å². The molecular formula is C24H25NO3S. The minimum atomic E-state index is -0.215. The number of hydrogen-bond donors (Lipinski definition) is 1. The summed E-state index contributed by atoms with van der Waals surface area (Å²) in [6.45, 7) is 5.74. The summed E-state index contributed by atoms with van der Waals surface area (Å²) in [5.74, 6) is 0.810. The number of Topliss-reactive ketones (excluding diaryl/α,β-unsaturated/α-hetero) is 1. The monoisotopic (exact) mass is 407 g/mol. The quantitative estimate of drug-likeness (QED) is 0.512. The molecule has 1 aromatic heterocycles. The van der Waals surface area contributed by atoms with E-state index in [1.807, 2.05) is 17.5 Å². The second-order valence-corrected chi connectivity index (χ2v) is 8.19. The fraction of sp³-hybridized carbons (Fsp3) is 0.250. The first-order valence-electron chi connectivity index (χ1n) is 9.60. The van der Waals surface area contributed by atoms with Gasteiger partial charge in [-0.05, 0) is 59.7 Å². The van der Waals surface area contributed by atoms with Crippen molar-refractivity contribution < 1.29 is 14.3 Å². The van der Waals surface area contributed by atoms with Crippen molar-refractivity contribution in [2.75, 3.05) is 6.61 Å². The van der Waals surface area contributed by atoms with Crippen molar-refractivity contribution in [3.8, 4) is 5.75 Å². The molecule has 3 aromatic rings. The summed E-state index contributed by atoms with van der Waals surface area (Å²) in [4.78, 5) is 25.0. The summed E-state index contributed by atoms with van der Waals surface area (Å²) in [7, 11) is 0. The fourth-order valence-electron chi connectivity index (χ4n) is 2.99. The van der Waals surface area contributed by atoms with Crippen LogP contribution in [0, 0.1) is 0 Å². The van der Waals surface area contributed by atoms with Gasteiger partial charge in [-0.15, -0.1) is 11.3 Å². The van der Waals surface area contributed by atoms with E-state index in [0.29, 0.717) is 17.2 Å². The minimum absolute atomic E-state index is 0.00318. The van der Waals surface area contributed by atoms with Crippen LogP contribution < -0.4 is 10.1 Å². The molecule has 0 aliphatic carbocycles. The van der Waals surface area contributed by atoms with E-state index in [-0.39, 0.29) is 24.3 Å². The maximum Gasteiger partial charge on any atom is 0.258 e. The van der Waals surface area contributed by atoms with E-state index in [1.165, 1.54) is 12.5 Å². The van der Waals surface area contributed by atoms with Crippen molar-refractivity contribution in [2.24, 2.45) is 0 Å². The lowest BCUT2D eigenvalue weighted by atomic mass is 9.98. The molecule has 1 atom stereocenters. The Morgan fingerprint density at radius 1 is 0.966 bits per heavy atom. The highest BCUT2D eigenvalue weighted by Gasteiger charge is 2.18. The maximum absolute atomic E-state index is 12.6. The van der Waals surface area contributed by atoms with Crippen LogP contribution in [0.25, 0.3) is 0 Å². The predicted molar refractivity (Wildman–Crippen MR) is 117 cm³/mol. The average Bonchev–Trinajstić information content (AvgIpc) is 3.25. The number of hydrogen-bond acceptors (Lipinski definition) is 4. The molecule has 5 heteroatoms. The molecule has 2 aromatic carbocycles. The molecule has 0 fully saturated rings. The van der Waals surface area contributed by atoms with Gasteiger partial charge in [0.25, 0.3) is 5.91 Å². The SMILES string of the molecule is CC(=O)c1ccc(OCC(=O)NC(c2ccc(C(C)C)cc2)c2cccs2)cc1. The topological polar surface area (TPSA) is 55.4 Å². The van der Waals surface area contributed by atoms with Crippen LogP contribution in [-0.4, -0.2) is 18.3 Å². The Bertz CT molecular complexity index is 945. The van der Waals surface area contributed by atoms with Crippen molar-refractivity contribution in [3.05, 3.63) is 87.6 Å². The third kappa shape index (κ3) is 5.55. The molecule has 1 unspecified atom stereocenters. The average molecular weight is 408 g/mol. The number of thiophene rings is 1. The van der Waals surface area contributed by atoms with E-state index in [4.69, 9.17) is 4.74 Å². The molecule has 0 radical (unpaired) electrons. The number of ether oxygens (including phenoxy) is 1. The van der Waals surface area contributed by atoms with Crippen molar-refractivity contribution in [1.82, 2.24) is 5.32 Å². The highest BCUT2D eigenvalue weighted by molar-refractivity contribution is 7.10. The summed E-state index contributed by atoms with van der Waals surface area (Å²) in [5, 5.41) is 5.08. The first-order chi connectivity index (χ1) is 13.9. The van der Waals surface area contributed by atoms with E-state index in [1.54, 1.807) is 35.6 Å². The van der Waals surface area contributed by atoms with Crippen LogP contribution in [0.4, 0.5) is 0 Å². The highest BCUT2D eigenvalue weighted by atomic mass is 32.1. The Morgan fingerprint density at radius 3 is 2.17 bits per heavy atom. The van der Waals surface area contributed by atoms with Gasteiger partial charge in [-0.1, -0.05) is 44.2 Å². The first kappa shape index (κ1) is 20.8. The molecule has 4 nitrogen and oxygen atoms in total. The van der Waals surface area contributed by atoms with Crippen molar-refractivity contribution in [3.63, 3.8) is 0 Å². The molecule has 29 heavy (non-hydrogen) atoms. The molecule has 0 spiro atoms. The van der Waals surface area contributed by atoms with Crippen molar-refractivity contribution >= 4 is 23.0 Å². The zero-order valence-electron chi connectivity index (χ0n) is 16.8. The minimum Gasteiger partial charge on any atom is -0.484 e. The summed E-state index contributed by atoms with van der Waals surface area (Å²) in [5.41, 5.74) is 2.92. The van der Waals surface area contributed by atoms with E-state index in [0.717, 1.165) is 10.4 Å². The molecule has 0 saturated carbocycles. The predicted octanol–water partition coefficient (Wildman–Crippen LogP) is 5.36. The molecule has 1 heterocycles. The van der Waals surface area contributed by atoms with E-state index in [2.05, 4.69) is 43.4 Å². The van der Waals surface area contributed by atoms with Crippen LogP contribution in [0.3, 0.4) is 0 Å². The van der Waals surface area contributed by atoms with Gasteiger partial charge in [-0.3, -0.25) is 9.59 Å². The number of ketones is 1. The van der Waals surface area contributed by atoms with Gasteiger partial charge < -0.3 is 10.1 Å². The van der Waals surface area contributed by atoms with Crippen LogP contribution >= 0.6 is 11.3 Å². The molecule has 3 rings (SSSR count). The van der Waals surface area contributed by atoms with Gasteiger partial charge in [-0.25, -0.2) is 0 Å². The van der Waals surface area contributed by atoms with Crippen molar-refractivity contribution in [2.45, 2.75) is 32.7 Å². The smallest absolute Gasteiger partial charge is 0.258 e. The normalized spacial score (nSPS) is 11.9. The molecule has 1 N–H and O–H groups in total. The Morgan fingerprint density at radius 2 is 1.62 bits per heavy atom. The number of nitrogens with one attached hydrogen (secondary N) is 1. The van der Waals surface area contributed by atoms with Gasteiger partial charge in [0.05, 0.1) is 6.04 Å². The van der Waals surface area contributed by atoms with Crippen LogP contribution in [0.5, 0.6) is 5.75 Å². The van der Waals surface area contributed by atoms with Crippen LogP contribution in [-0.2, 0) is 4.79 Å². The van der Waals surface area contributed by atoms with Crippen molar-refractivity contribution in [1.29, 1.82) is 0 Å². The Hall–Kier alpha value is -2.92. The highest BCUT2D eigenvalue weighted by Crippen LogP contribution is 2.27. The van der Waals surface area contributed by atoms with Crippen LogP contribution in [0.15, 0.2) is 66.0 Å². The molecular weight excluding hydrogens is 382 g/mol. The first-order valence-corrected chi connectivity index (χ1v) is 10.5. The van der Waals surface area contributed by atoms with Gasteiger partial charge >= 0.3 is 0 Å². The lowest BCUT2D eigenvalue weighted by Crippen LogP contribution is -2.32. The molecule has 0 saturated heterocycles. The van der Waals surface area contributed by atoms with Crippen LogP contribution in [0.2, 0.25) is 0 Å². The van der Waals surface area contributed by atoms with Gasteiger partial charge in [0.1, 0.15) is 5.75 Å². The fourth-order valence-corrected chi connectivity index (χ4v) is 3.79. The zero-order chi connectivity index (χ0) is 20.8. The molecule has 0 aliphatic heterocycles. The lowest BCUT2D eigenvalue weighted by Gasteiger charge is -2.19. The Kier molecular flexibility index (Phi) is 6.83.